The summed E-state index contributed by atoms with van der Waals surface area (Å²) in [7, 11) is 0. The first-order chi connectivity index (χ1) is 9.19. The van der Waals surface area contributed by atoms with Crippen LogP contribution in [0.1, 0.15) is 18.9 Å². The summed E-state index contributed by atoms with van der Waals surface area (Å²) in [6, 6.07) is 10.1. The molecule has 0 aliphatic heterocycles. The summed E-state index contributed by atoms with van der Waals surface area (Å²) in [6.45, 7) is 4.24. The lowest BCUT2D eigenvalue weighted by molar-refractivity contribution is -0.137. The highest BCUT2D eigenvalue weighted by atomic mass is 16.4. The maximum Gasteiger partial charge on any atom is 0.304 e. The van der Waals surface area contributed by atoms with Gasteiger partial charge in [0.05, 0.1) is 11.9 Å². The van der Waals surface area contributed by atoms with Gasteiger partial charge in [0, 0.05) is 24.7 Å². The van der Waals surface area contributed by atoms with E-state index in [1.807, 2.05) is 25.1 Å². The topological polar surface area (TPSA) is 53.4 Å². The smallest absolute Gasteiger partial charge is 0.304 e. The van der Waals surface area contributed by atoms with Gasteiger partial charge in [-0.3, -0.25) is 14.7 Å². The zero-order chi connectivity index (χ0) is 13.7. The van der Waals surface area contributed by atoms with Crippen LogP contribution < -0.4 is 0 Å². The first kappa shape index (κ1) is 13.5. The molecular weight excluding hydrogens is 240 g/mol. The van der Waals surface area contributed by atoms with Crippen molar-refractivity contribution in [2.24, 2.45) is 0 Å². The van der Waals surface area contributed by atoms with Crippen molar-refractivity contribution in [1.82, 2.24) is 9.88 Å². The molecule has 2 aromatic rings. The number of hydrogen-bond donors (Lipinski definition) is 1. The third kappa shape index (κ3) is 3.76. The molecule has 4 nitrogen and oxygen atoms in total. The van der Waals surface area contributed by atoms with Gasteiger partial charge >= 0.3 is 5.97 Å². The van der Waals surface area contributed by atoms with Gasteiger partial charge in [0.2, 0.25) is 0 Å². The van der Waals surface area contributed by atoms with Crippen LogP contribution in [0.4, 0.5) is 0 Å². The Hall–Kier alpha value is -1.94. The molecule has 0 bridgehead atoms. The highest BCUT2D eigenvalue weighted by Crippen LogP contribution is 2.14. The molecule has 19 heavy (non-hydrogen) atoms. The maximum absolute atomic E-state index is 10.6. The fourth-order valence-electron chi connectivity index (χ4n) is 2.08. The Kier molecular flexibility index (Phi) is 4.47. The molecule has 1 N–H and O–H groups in total. The van der Waals surface area contributed by atoms with Crippen LogP contribution in [0.3, 0.4) is 0 Å². The molecule has 0 saturated heterocycles. The van der Waals surface area contributed by atoms with Crippen LogP contribution in [-0.2, 0) is 11.3 Å². The first-order valence-electron chi connectivity index (χ1n) is 6.47. The minimum absolute atomic E-state index is 0.184. The van der Waals surface area contributed by atoms with E-state index in [4.69, 9.17) is 5.11 Å². The zero-order valence-electron chi connectivity index (χ0n) is 11.0. The average Bonchev–Trinajstić information content (AvgIpc) is 2.43. The van der Waals surface area contributed by atoms with E-state index < -0.39 is 5.97 Å². The van der Waals surface area contributed by atoms with Crippen LogP contribution in [0, 0.1) is 0 Å². The molecule has 4 heteroatoms. The Bertz CT molecular complexity index is 569. The number of hydrogen-bond acceptors (Lipinski definition) is 3. The summed E-state index contributed by atoms with van der Waals surface area (Å²) in [5.41, 5.74) is 2.17. The molecule has 0 atom stereocenters. The summed E-state index contributed by atoms with van der Waals surface area (Å²) in [4.78, 5) is 17.0. The van der Waals surface area contributed by atoms with Gasteiger partial charge in [0.15, 0.2) is 0 Å². The number of pyridine rings is 1. The lowest BCUT2D eigenvalue weighted by Gasteiger charge is -2.19. The van der Waals surface area contributed by atoms with Gasteiger partial charge in [-0.25, -0.2) is 0 Å². The van der Waals surface area contributed by atoms with Crippen LogP contribution in [0.15, 0.2) is 36.5 Å². The van der Waals surface area contributed by atoms with E-state index in [9.17, 15) is 4.79 Å². The van der Waals surface area contributed by atoms with E-state index in [1.54, 1.807) is 6.20 Å². The van der Waals surface area contributed by atoms with Crippen molar-refractivity contribution in [1.29, 1.82) is 0 Å². The van der Waals surface area contributed by atoms with E-state index in [0.29, 0.717) is 6.54 Å². The quantitative estimate of drug-likeness (QED) is 0.865. The van der Waals surface area contributed by atoms with Crippen molar-refractivity contribution in [3.05, 3.63) is 42.1 Å². The molecule has 1 aromatic heterocycles. The normalized spacial score (nSPS) is 11.1. The van der Waals surface area contributed by atoms with Crippen molar-refractivity contribution in [3.63, 3.8) is 0 Å². The predicted octanol–water partition coefficient (Wildman–Crippen LogP) is 2.53. The fraction of sp³-hybridized carbons (Fsp3) is 0.333. The Labute approximate surface area is 112 Å². The Morgan fingerprint density at radius 1 is 1.37 bits per heavy atom. The second-order valence-electron chi connectivity index (χ2n) is 4.54. The van der Waals surface area contributed by atoms with E-state index in [2.05, 4.69) is 22.0 Å². The Balaban J connectivity index is 2.08. The maximum atomic E-state index is 10.6. The molecule has 1 aromatic carbocycles. The van der Waals surface area contributed by atoms with Gasteiger partial charge in [0.1, 0.15) is 0 Å². The predicted molar refractivity (Wildman–Crippen MR) is 74.9 cm³/mol. The summed E-state index contributed by atoms with van der Waals surface area (Å²) in [5, 5.41) is 9.85. The van der Waals surface area contributed by atoms with Gasteiger partial charge in [-0.15, -0.1) is 0 Å². The van der Waals surface area contributed by atoms with Crippen LogP contribution in [-0.4, -0.2) is 34.0 Å². The van der Waals surface area contributed by atoms with E-state index >= 15 is 0 Å². The molecule has 0 saturated carbocycles. The zero-order valence-corrected chi connectivity index (χ0v) is 11.0. The Morgan fingerprint density at radius 3 is 2.95 bits per heavy atom. The van der Waals surface area contributed by atoms with Gasteiger partial charge in [-0.1, -0.05) is 19.1 Å². The molecule has 2 rings (SSSR count). The molecule has 100 valence electrons. The molecule has 0 amide bonds. The van der Waals surface area contributed by atoms with Crippen LogP contribution in [0.2, 0.25) is 0 Å². The first-order valence-corrected chi connectivity index (χ1v) is 6.47. The minimum atomic E-state index is -0.749. The molecule has 0 unspecified atom stereocenters. The van der Waals surface area contributed by atoms with Crippen LogP contribution in [0.25, 0.3) is 10.9 Å². The number of aliphatic carboxylic acids is 1. The Morgan fingerprint density at radius 2 is 2.21 bits per heavy atom. The van der Waals surface area contributed by atoms with E-state index in [-0.39, 0.29) is 6.42 Å². The van der Waals surface area contributed by atoms with Crippen molar-refractivity contribution in [3.8, 4) is 0 Å². The van der Waals surface area contributed by atoms with Crippen LogP contribution >= 0.6 is 0 Å². The third-order valence-corrected chi connectivity index (χ3v) is 3.16. The summed E-state index contributed by atoms with van der Waals surface area (Å²) in [5.74, 6) is -0.749. The number of rotatable bonds is 6. The van der Waals surface area contributed by atoms with Crippen LogP contribution in [0.5, 0.6) is 0 Å². The van der Waals surface area contributed by atoms with E-state index in [1.165, 1.54) is 5.56 Å². The number of fused-ring (bicyclic) bond motifs is 1. The summed E-state index contributed by atoms with van der Waals surface area (Å²) >= 11 is 0. The second-order valence-corrected chi connectivity index (χ2v) is 4.54. The number of benzene rings is 1. The lowest BCUT2D eigenvalue weighted by atomic mass is 10.1. The minimum Gasteiger partial charge on any atom is -0.481 e. The molecule has 0 fully saturated rings. The van der Waals surface area contributed by atoms with Gasteiger partial charge < -0.3 is 5.11 Å². The highest BCUT2D eigenvalue weighted by molar-refractivity contribution is 5.78. The van der Waals surface area contributed by atoms with Gasteiger partial charge in [0.25, 0.3) is 0 Å². The van der Waals surface area contributed by atoms with Gasteiger partial charge in [-0.2, -0.15) is 0 Å². The highest BCUT2D eigenvalue weighted by Gasteiger charge is 2.07. The molecule has 0 aliphatic carbocycles. The van der Waals surface area contributed by atoms with Crippen molar-refractivity contribution < 1.29 is 9.90 Å². The summed E-state index contributed by atoms with van der Waals surface area (Å²) in [6.07, 6.45) is 1.97. The standard InChI is InChI=1S/C15H18N2O2/c1-2-17(9-7-15(18)19)11-12-5-6-14-13(10-12)4-3-8-16-14/h3-6,8,10H,2,7,9,11H2,1H3,(H,18,19). The number of carbonyl (C=O) groups is 1. The number of nitrogens with zero attached hydrogens (tertiary/aromatic N) is 2. The SMILES string of the molecule is CCN(CCC(=O)O)Cc1ccc2ncccc2c1. The molecule has 0 aliphatic rings. The molecule has 0 spiro atoms. The van der Waals surface area contributed by atoms with Crippen molar-refractivity contribution in [2.45, 2.75) is 19.9 Å². The fourth-order valence-corrected chi connectivity index (χ4v) is 2.08. The molecule has 0 radical (unpaired) electrons. The number of aromatic nitrogens is 1. The number of carboxylic acid groups (broad SMARTS) is 1. The third-order valence-electron chi connectivity index (χ3n) is 3.16. The lowest BCUT2D eigenvalue weighted by Crippen LogP contribution is -2.25. The van der Waals surface area contributed by atoms with Gasteiger partial charge in [-0.05, 0) is 30.3 Å². The second kappa shape index (κ2) is 6.29. The number of carboxylic acids is 1. The van der Waals surface area contributed by atoms with Crippen molar-refractivity contribution >= 4 is 16.9 Å². The van der Waals surface area contributed by atoms with Crippen molar-refractivity contribution in [2.75, 3.05) is 13.1 Å². The average molecular weight is 258 g/mol. The summed E-state index contributed by atoms with van der Waals surface area (Å²) < 4.78 is 0. The van der Waals surface area contributed by atoms with E-state index in [0.717, 1.165) is 24.0 Å². The molecular formula is C15H18N2O2. The molecule has 1 heterocycles. The monoisotopic (exact) mass is 258 g/mol. The largest absolute Gasteiger partial charge is 0.481 e.